The number of methoxy groups -OCH3 is 2. The summed E-state index contributed by atoms with van der Waals surface area (Å²) >= 11 is 0. The first kappa shape index (κ1) is 26.5. The van der Waals surface area contributed by atoms with Gasteiger partial charge in [-0.15, -0.1) is 0 Å². The monoisotopic (exact) mass is 510 g/mol. The van der Waals surface area contributed by atoms with Crippen molar-refractivity contribution in [2.45, 2.75) is 55.0 Å². The summed E-state index contributed by atoms with van der Waals surface area (Å²) in [5.41, 5.74) is 0.783. The summed E-state index contributed by atoms with van der Waals surface area (Å²) in [5, 5.41) is 0. The Kier molecular flexibility index (Phi) is 8.28. The molecule has 0 amide bonds. The third-order valence-corrected chi connectivity index (χ3v) is 10.1. The third-order valence-electron chi connectivity index (χ3n) is 6.43. The lowest BCUT2D eigenvalue weighted by Crippen LogP contribution is -2.44. The van der Waals surface area contributed by atoms with Gasteiger partial charge in [0, 0.05) is 26.7 Å². The van der Waals surface area contributed by atoms with Gasteiger partial charge in [0.1, 0.15) is 0 Å². The summed E-state index contributed by atoms with van der Waals surface area (Å²) in [4.78, 5) is 0.123. The van der Waals surface area contributed by atoms with Gasteiger partial charge in [-0.25, -0.2) is 21.1 Å². The van der Waals surface area contributed by atoms with E-state index in [9.17, 15) is 16.8 Å². The fourth-order valence-electron chi connectivity index (χ4n) is 4.39. The van der Waals surface area contributed by atoms with E-state index in [4.69, 9.17) is 9.47 Å². The molecule has 0 aliphatic heterocycles. The number of rotatable bonds is 9. The summed E-state index contributed by atoms with van der Waals surface area (Å²) in [6.07, 6.45) is 3.79. The van der Waals surface area contributed by atoms with Gasteiger partial charge in [0.25, 0.3) is 0 Å². The van der Waals surface area contributed by atoms with E-state index < -0.39 is 20.0 Å². The van der Waals surface area contributed by atoms with Crippen LogP contribution in [-0.2, 0) is 26.6 Å². The van der Waals surface area contributed by atoms with E-state index >= 15 is 0 Å². The van der Waals surface area contributed by atoms with Crippen LogP contribution in [0, 0.1) is 5.92 Å². The molecule has 3 rings (SSSR count). The standard InChI is InChI=1S/C24H34N2O6S2/c1-18-8-6-7-9-22(18)26(17-19-10-15-23(31-4)24(16-19)32-5)34(29,30)21-13-11-20(12-14-21)33(27,28)25(2)3/h10-16,18,22H,6-9,17H2,1-5H3/t18-,22+/m1/s1. The van der Waals surface area contributed by atoms with Crippen molar-refractivity contribution in [2.75, 3.05) is 28.3 Å². The van der Waals surface area contributed by atoms with Gasteiger partial charge in [-0.1, -0.05) is 25.8 Å². The first-order valence-corrected chi connectivity index (χ1v) is 14.2. The van der Waals surface area contributed by atoms with Crippen LogP contribution in [0.3, 0.4) is 0 Å². The molecule has 2 aromatic carbocycles. The Labute approximate surface area is 203 Å². The largest absolute Gasteiger partial charge is 0.493 e. The van der Waals surface area contributed by atoms with Gasteiger partial charge in [-0.3, -0.25) is 0 Å². The van der Waals surface area contributed by atoms with E-state index in [1.165, 1.54) is 38.4 Å². The maximum absolute atomic E-state index is 13.9. The van der Waals surface area contributed by atoms with Crippen LogP contribution in [0.15, 0.2) is 52.3 Å². The highest BCUT2D eigenvalue weighted by Gasteiger charge is 2.36. The van der Waals surface area contributed by atoms with Gasteiger partial charge in [0.2, 0.25) is 20.0 Å². The molecule has 1 aliphatic carbocycles. The van der Waals surface area contributed by atoms with Crippen LogP contribution in [0.5, 0.6) is 11.5 Å². The van der Waals surface area contributed by atoms with Crippen molar-refractivity contribution in [2.24, 2.45) is 5.92 Å². The highest BCUT2D eigenvalue weighted by molar-refractivity contribution is 7.89. The average molecular weight is 511 g/mol. The molecule has 0 unspecified atom stereocenters. The smallest absolute Gasteiger partial charge is 0.243 e. The molecule has 0 heterocycles. The van der Waals surface area contributed by atoms with Crippen LogP contribution in [0.1, 0.15) is 38.2 Å². The highest BCUT2D eigenvalue weighted by Crippen LogP contribution is 2.35. The summed E-state index contributed by atoms with van der Waals surface area (Å²) in [5.74, 6) is 1.31. The molecule has 34 heavy (non-hydrogen) atoms. The van der Waals surface area contributed by atoms with Crippen molar-refractivity contribution in [3.63, 3.8) is 0 Å². The first-order chi connectivity index (χ1) is 16.0. The number of hydrogen-bond donors (Lipinski definition) is 0. The Morgan fingerprint density at radius 3 is 1.91 bits per heavy atom. The van der Waals surface area contributed by atoms with E-state index in [-0.39, 0.29) is 28.3 Å². The van der Waals surface area contributed by atoms with Crippen LogP contribution >= 0.6 is 0 Å². The zero-order valence-electron chi connectivity index (χ0n) is 20.4. The SMILES string of the molecule is COc1ccc(CN([C@H]2CCCC[C@H]2C)S(=O)(=O)c2ccc(S(=O)(=O)N(C)C)cc2)cc1OC. The number of ether oxygens (including phenoxy) is 2. The molecule has 2 aromatic rings. The fraction of sp³-hybridized carbons (Fsp3) is 0.500. The van der Waals surface area contributed by atoms with E-state index in [2.05, 4.69) is 6.92 Å². The van der Waals surface area contributed by atoms with Gasteiger partial charge in [0.15, 0.2) is 11.5 Å². The summed E-state index contributed by atoms with van der Waals surface area (Å²) < 4.78 is 65.9. The molecule has 10 heteroatoms. The zero-order valence-corrected chi connectivity index (χ0v) is 22.0. The lowest BCUT2D eigenvalue weighted by atomic mass is 9.86. The number of nitrogens with zero attached hydrogens (tertiary/aromatic N) is 2. The van der Waals surface area contributed by atoms with Crippen LogP contribution in [0.2, 0.25) is 0 Å². The molecule has 1 aliphatic rings. The Morgan fingerprint density at radius 1 is 0.824 bits per heavy atom. The molecular formula is C24H34N2O6S2. The first-order valence-electron chi connectivity index (χ1n) is 11.3. The molecule has 188 valence electrons. The molecular weight excluding hydrogens is 476 g/mol. The molecule has 8 nitrogen and oxygen atoms in total. The summed E-state index contributed by atoms with van der Waals surface area (Å²) in [6, 6.07) is 10.7. The maximum atomic E-state index is 13.9. The predicted molar refractivity (Wildman–Crippen MR) is 131 cm³/mol. The normalized spacial score (nSPS) is 19.4. The highest BCUT2D eigenvalue weighted by atomic mass is 32.2. The quantitative estimate of drug-likeness (QED) is 0.510. The Hall–Kier alpha value is -2.14. The lowest BCUT2D eigenvalue weighted by Gasteiger charge is -2.38. The Bertz CT molecular complexity index is 1190. The van der Waals surface area contributed by atoms with Gasteiger partial charge in [-0.2, -0.15) is 4.31 Å². The van der Waals surface area contributed by atoms with E-state index in [0.717, 1.165) is 35.6 Å². The number of benzene rings is 2. The zero-order chi connectivity index (χ0) is 25.1. The van der Waals surface area contributed by atoms with Crippen molar-refractivity contribution in [1.29, 1.82) is 0 Å². The molecule has 1 fully saturated rings. The van der Waals surface area contributed by atoms with Gasteiger partial charge < -0.3 is 9.47 Å². The van der Waals surface area contributed by atoms with E-state index in [1.807, 2.05) is 6.07 Å². The fourth-order valence-corrected chi connectivity index (χ4v) is 7.03. The number of sulfonamides is 2. The van der Waals surface area contributed by atoms with Crippen molar-refractivity contribution in [1.82, 2.24) is 8.61 Å². The molecule has 0 bridgehead atoms. The van der Waals surface area contributed by atoms with Crippen molar-refractivity contribution in [3.05, 3.63) is 48.0 Å². The van der Waals surface area contributed by atoms with Crippen molar-refractivity contribution in [3.8, 4) is 11.5 Å². The minimum atomic E-state index is -3.90. The molecule has 0 aromatic heterocycles. The maximum Gasteiger partial charge on any atom is 0.243 e. The van der Waals surface area contributed by atoms with Gasteiger partial charge in [-0.05, 0) is 60.7 Å². The molecule has 1 saturated carbocycles. The van der Waals surface area contributed by atoms with Crippen molar-refractivity contribution >= 4 is 20.0 Å². The lowest BCUT2D eigenvalue weighted by molar-refractivity contribution is 0.185. The van der Waals surface area contributed by atoms with E-state index in [1.54, 1.807) is 30.7 Å². The second-order valence-corrected chi connectivity index (χ2v) is 12.9. The summed E-state index contributed by atoms with van der Waals surface area (Å²) in [6.45, 7) is 2.27. The minimum absolute atomic E-state index is 0.0499. The molecule has 2 atom stereocenters. The minimum Gasteiger partial charge on any atom is -0.493 e. The van der Waals surface area contributed by atoms with Gasteiger partial charge in [0.05, 0.1) is 24.0 Å². The topological polar surface area (TPSA) is 93.2 Å². The molecule has 0 N–H and O–H groups in total. The Balaban J connectivity index is 2.02. The molecule has 0 spiro atoms. The third kappa shape index (κ3) is 5.40. The van der Waals surface area contributed by atoms with Crippen molar-refractivity contribution < 1.29 is 26.3 Å². The molecule has 0 radical (unpaired) electrons. The van der Waals surface area contributed by atoms with Crippen LogP contribution in [-0.4, -0.2) is 59.8 Å². The predicted octanol–water partition coefficient (Wildman–Crippen LogP) is 3.72. The van der Waals surface area contributed by atoms with E-state index in [0.29, 0.717) is 11.5 Å². The van der Waals surface area contributed by atoms with Crippen LogP contribution in [0.4, 0.5) is 0 Å². The summed E-state index contributed by atoms with van der Waals surface area (Å²) in [7, 11) is -1.57. The molecule has 0 saturated heterocycles. The van der Waals surface area contributed by atoms with Crippen LogP contribution < -0.4 is 9.47 Å². The number of hydrogen-bond acceptors (Lipinski definition) is 6. The van der Waals surface area contributed by atoms with Gasteiger partial charge >= 0.3 is 0 Å². The second kappa shape index (κ2) is 10.6. The van der Waals surface area contributed by atoms with Crippen LogP contribution in [0.25, 0.3) is 0 Å². The second-order valence-electron chi connectivity index (χ2n) is 8.83. The Morgan fingerprint density at radius 2 is 1.38 bits per heavy atom. The average Bonchev–Trinajstić information content (AvgIpc) is 2.82.